The molecule has 3 heteroatoms. The normalized spacial score (nSPS) is 11.3. The number of hydrogen-bond acceptors (Lipinski definition) is 2. The van der Waals surface area contributed by atoms with Crippen LogP contribution in [0.2, 0.25) is 0 Å². The van der Waals surface area contributed by atoms with Crippen LogP contribution in [0.5, 0.6) is 0 Å². The van der Waals surface area contributed by atoms with Crippen LogP contribution in [0, 0.1) is 0 Å². The fraction of sp³-hybridized carbons (Fsp3) is 0.667. The van der Waals surface area contributed by atoms with Crippen molar-refractivity contribution < 1.29 is 14.3 Å². The SMILES string of the molecule is C=C(C)C(=O)C[N+](C)(C)OCC. The molecule has 0 N–H and O–H groups in total. The van der Waals surface area contributed by atoms with E-state index in [0.29, 0.717) is 18.7 Å². The average Bonchev–Trinajstić information content (AvgIpc) is 1.85. The van der Waals surface area contributed by atoms with Crippen LogP contribution < -0.4 is 0 Å². The Bertz CT molecular complexity index is 185. The van der Waals surface area contributed by atoms with Gasteiger partial charge in [-0.25, -0.2) is 4.84 Å². The van der Waals surface area contributed by atoms with Gasteiger partial charge in [0, 0.05) is 0 Å². The fourth-order valence-corrected chi connectivity index (χ4v) is 0.876. The van der Waals surface area contributed by atoms with E-state index in [-0.39, 0.29) is 10.4 Å². The first-order chi connectivity index (χ1) is 5.39. The standard InChI is InChI=1S/C9H18NO2/c1-6-12-10(4,5)7-9(11)8(2)3/h2,6-7H2,1,3-5H3/q+1. The van der Waals surface area contributed by atoms with E-state index in [1.807, 2.05) is 21.0 Å². The number of Topliss-reactive ketones (excluding diaryl/α,β-unsaturated/α-hetero) is 1. The van der Waals surface area contributed by atoms with Crippen molar-refractivity contribution in [3.8, 4) is 0 Å². The Labute approximate surface area is 74.2 Å². The number of hydroxylamine groups is 3. The molecule has 0 fully saturated rings. The Balaban J connectivity index is 4.05. The molecule has 0 heterocycles. The molecule has 0 rings (SSSR count). The highest BCUT2D eigenvalue weighted by Crippen LogP contribution is 2.01. The van der Waals surface area contributed by atoms with Gasteiger partial charge in [0.25, 0.3) is 0 Å². The quantitative estimate of drug-likeness (QED) is 0.353. The smallest absolute Gasteiger partial charge is 0.215 e. The molecule has 0 aromatic carbocycles. The molecule has 12 heavy (non-hydrogen) atoms. The number of carbonyl (C=O) groups excluding carboxylic acids is 1. The van der Waals surface area contributed by atoms with Crippen molar-refractivity contribution in [1.29, 1.82) is 0 Å². The van der Waals surface area contributed by atoms with E-state index in [1.165, 1.54) is 0 Å². The topological polar surface area (TPSA) is 26.3 Å². The second kappa shape index (κ2) is 4.38. The van der Waals surface area contributed by atoms with Crippen LogP contribution in [-0.2, 0) is 9.63 Å². The van der Waals surface area contributed by atoms with E-state index in [4.69, 9.17) is 4.84 Å². The predicted molar refractivity (Wildman–Crippen MR) is 48.4 cm³/mol. The van der Waals surface area contributed by atoms with E-state index in [2.05, 4.69) is 6.58 Å². The maximum Gasteiger partial charge on any atom is 0.215 e. The molecule has 0 bridgehead atoms. The van der Waals surface area contributed by atoms with Crippen molar-refractivity contribution in [1.82, 2.24) is 0 Å². The van der Waals surface area contributed by atoms with Gasteiger partial charge in [-0.3, -0.25) is 4.79 Å². The third kappa shape index (κ3) is 4.26. The summed E-state index contributed by atoms with van der Waals surface area (Å²) in [4.78, 5) is 16.6. The van der Waals surface area contributed by atoms with Gasteiger partial charge in [-0.15, -0.1) is 0 Å². The molecular weight excluding hydrogens is 154 g/mol. The van der Waals surface area contributed by atoms with E-state index in [1.54, 1.807) is 6.92 Å². The molecule has 0 aliphatic rings. The zero-order valence-electron chi connectivity index (χ0n) is 8.39. The summed E-state index contributed by atoms with van der Waals surface area (Å²) in [6.45, 7) is 8.17. The highest BCUT2D eigenvalue weighted by atomic mass is 16.7. The highest BCUT2D eigenvalue weighted by Gasteiger charge is 2.21. The molecule has 0 amide bonds. The molecule has 0 spiro atoms. The molecule has 0 unspecified atom stereocenters. The number of carbonyl (C=O) groups is 1. The summed E-state index contributed by atoms with van der Waals surface area (Å²) in [6, 6.07) is 0. The number of quaternary nitrogens is 1. The summed E-state index contributed by atoms with van der Waals surface area (Å²) in [5.41, 5.74) is 0.584. The Morgan fingerprint density at radius 2 is 2.00 bits per heavy atom. The number of ketones is 1. The third-order valence-electron chi connectivity index (χ3n) is 1.48. The van der Waals surface area contributed by atoms with Gasteiger partial charge in [0.15, 0.2) is 6.54 Å². The first-order valence-electron chi connectivity index (χ1n) is 4.05. The molecule has 0 aliphatic carbocycles. The third-order valence-corrected chi connectivity index (χ3v) is 1.48. The predicted octanol–water partition coefficient (Wildman–Crippen LogP) is 1.16. The van der Waals surface area contributed by atoms with E-state index in [9.17, 15) is 4.79 Å². The van der Waals surface area contributed by atoms with Gasteiger partial charge in [-0.05, 0) is 19.4 Å². The van der Waals surface area contributed by atoms with Crippen molar-refractivity contribution in [2.45, 2.75) is 13.8 Å². The van der Waals surface area contributed by atoms with Gasteiger partial charge < -0.3 is 0 Å². The maximum absolute atomic E-state index is 11.2. The van der Waals surface area contributed by atoms with Crippen molar-refractivity contribution in [3.63, 3.8) is 0 Å². The van der Waals surface area contributed by atoms with Gasteiger partial charge in [-0.2, -0.15) is 4.65 Å². The van der Waals surface area contributed by atoms with Crippen molar-refractivity contribution >= 4 is 5.78 Å². The van der Waals surface area contributed by atoms with Crippen LogP contribution in [0.1, 0.15) is 13.8 Å². The van der Waals surface area contributed by atoms with Crippen LogP contribution in [-0.4, -0.2) is 37.7 Å². The molecule has 0 saturated heterocycles. The lowest BCUT2D eigenvalue weighted by Gasteiger charge is -2.25. The summed E-state index contributed by atoms with van der Waals surface area (Å²) >= 11 is 0. The first kappa shape index (κ1) is 11.3. The zero-order valence-corrected chi connectivity index (χ0v) is 8.39. The Morgan fingerprint density at radius 3 is 2.33 bits per heavy atom. The van der Waals surface area contributed by atoms with E-state index < -0.39 is 0 Å². The Morgan fingerprint density at radius 1 is 1.50 bits per heavy atom. The minimum Gasteiger partial charge on any atom is -0.288 e. The number of hydrogen-bond donors (Lipinski definition) is 0. The van der Waals surface area contributed by atoms with Gasteiger partial charge in [-0.1, -0.05) is 6.58 Å². The lowest BCUT2D eigenvalue weighted by atomic mass is 10.2. The molecule has 70 valence electrons. The van der Waals surface area contributed by atoms with Crippen molar-refractivity contribution in [3.05, 3.63) is 12.2 Å². The largest absolute Gasteiger partial charge is 0.288 e. The Kier molecular flexibility index (Phi) is 4.13. The van der Waals surface area contributed by atoms with Gasteiger partial charge >= 0.3 is 0 Å². The van der Waals surface area contributed by atoms with Crippen LogP contribution in [0.25, 0.3) is 0 Å². The van der Waals surface area contributed by atoms with Gasteiger partial charge in [0.2, 0.25) is 5.78 Å². The van der Waals surface area contributed by atoms with Crippen LogP contribution >= 0.6 is 0 Å². The molecule has 0 aromatic heterocycles. The van der Waals surface area contributed by atoms with E-state index in [0.717, 1.165) is 0 Å². The van der Waals surface area contributed by atoms with E-state index >= 15 is 0 Å². The van der Waals surface area contributed by atoms with Crippen LogP contribution in [0.15, 0.2) is 12.2 Å². The first-order valence-corrected chi connectivity index (χ1v) is 4.05. The van der Waals surface area contributed by atoms with Crippen molar-refractivity contribution in [2.75, 3.05) is 27.2 Å². The lowest BCUT2D eigenvalue weighted by Crippen LogP contribution is -2.43. The molecule has 0 atom stereocenters. The summed E-state index contributed by atoms with van der Waals surface area (Å²) in [5.74, 6) is 0.0495. The molecular formula is C9H18NO2+. The summed E-state index contributed by atoms with van der Waals surface area (Å²) in [5, 5.41) is 0. The van der Waals surface area contributed by atoms with Gasteiger partial charge in [0.05, 0.1) is 14.1 Å². The van der Waals surface area contributed by atoms with Crippen LogP contribution in [0.3, 0.4) is 0 Å². The van der Waals surface area contributed by atoms with Crippen molar-refractivity contribution in [2.24, 2.45) is 0 Å². The summed E-state index contributed by atoms with van der Waals surface area (Å²) in [7, 11) is 3.70. The second-order valence-electron chi connectivity index (χ2n) is 3.35. The number of likely N-dealkylation sites (N-methyl/N-ethyl adjacent to an activating group) is 1. The molecule has 3 nitrogen and oxygen atoms in total. The maximum atomic E-state index is 11.2. The highest BCUT2D eigenvalue weighted by molar-refractivity contribution is 5.94. The minimum atomic E-state index is 0.0495. The monoisotopic (exact) mass is 172 g/mol. The molecule has 0 aromatic rings. The number of nitrogens with zero attached hydrogens (tertiary/aromatic N) is 1. The number of rotatable bonds is 5. The van der Waals surface area contributed by atoms with Gasteiger partial charge in [0.1, 0.15) is 6.61 Å². The average molecular weight is 172 g/mol. The zero-order chi connectivity index (χ0) is 9.78. The summed E-state index contributed by atoms with van der Waals surface area (Å²) < 4.78 is 0.266. The second-order valence-corrected chi connectivity index (χ2v) is 3.35. The molecule has 0 aliphatic heterocycles. The molecule has 0 saturated carbocycles. The lowest BCUT2D eigenvalue weighted by molar-refractivity contribution is -1.07. The minimum absolute atomic E-state index is 0.0495. The Hall–Kier alpha value is -0.670. The summed E-state index contributed by atoms with van der Waals surface area (Å²) in [6.07, 6.45) is 0. The van der Waals surface area contributed by atoms with Crippen LogP contribution in [0.4, 0.5) is 0 Å². The molecule has 0 radical (unpaired) electrons. The fourth-order valence-electron chi connectivity index (χ4n) is 0.876.